The van der Waals surface area contributed by atoms with Crippen LogP contribution in [0.4, 0.5) is 10.5 Å². The molecule has 0 heterocycles. The number of nitrogens with one attached hydrogen (secondary N) is 2. The molecule has 0 fully saturated rings. The van der Waals surface area contributed by atoms with Gasteiger partial charge in [-0.3, -0.25) is 0 Å². The van der Waals surface area contributed by atoms with E-state index < -0.39 is 0 Å². The Bertz CT molecular complexity index is 422. The summed E-state index contributed by atoms with van der Waals surface area (Å²) in [5.74, 6) is 0.692. The third-order valence-electron chi connectivity index (χ3n) is 2.64. The van der Waals surface area contributed by atoms with Gasteiger partial charge < -0.3 is 20.1 Å². The zero-order chi connectivity index (χ0) is 14.8. The highest BCUT2D eigenvalue weighted by Gasteiger charge is 2.07. The Morgan fingerprint density at radius 2 is 2.05 bits per heavy atom. The van der Waals surface area contributed by atoms with Crippen molar-refractivity contribution in [2.45, 2.75) is 27.2 Å². The van der Waals surface area contributed by atoms with Gasteiger partial charge in [0.25, 0.3) is 0 Å². The van der Waals surface area contributed by atoms with Crippen LogP contribution >= 0.6 is 0 Å². The number of benzene rings is 1. The lowest BCUT2D eigenvalue weighted by Gasteiger charge is -2.13. The summed E-state index contributed by atoms with van der Waals surface area (Å²) >= 11 is 0. The normalized spacial score (nSPS) is 10.2. The van der Waals surface area contributed by atoms with Crippen LogP contribution in [0.1, 0.15) is 25.8 Å². The number of hydrogen-bond acceptors (Lipinski definition) is 3. The molecule has 0 aliphatic carbocycles. The van der Waals surface area contributed by atoms with Crippen molar-refractivity contribution in [3.63, 3.8) is 0 Å². The first-order chi connectivity index (χ1) is 9.67. The van der Waals surface area contributed by atoms with E-state index >= 15 is 0 Å². The van der Waals surface area contributed by atoms with E-state index in [1.807, 2.05) is 39.0 Å². The summed E-state index contributed by atoms with van der Waals surface area (Å²) in [5.41, 5.74) is 1.77. The van der Waals surface area contributed by atoms with Crippen molar-refractivity contribution in [2.24, 2.45) is 0 Å². The molecule has 0 radical (unpaired) electrons. The summed E-state index contributed by atoms with van der Waals surface area (Å²) in [6, 6.07) is 5.47. The summed E-state index contributed by atoms with van der Waals surface area (Å²) < 4.78 is 10.7. The zero-order valence-corrected chi connectivity index (χ0v) is 12.5. The first-order valence-electron chi connectivity index (χ1n) is 7.03. The van der Waals surface area contributed by atoms with Crippen LogP contribution in [0.25, 0.3) is 0 Å². The van der Waals surface area contributed by atoms with Crippen molar-refractivity contribution in [1.82, 2.24) is 5.32 Å². The van der Waals surface area contributed by atoms with E-state index in [-0.39, 0.29) is 6.03 Å². The van der Waals surface area contributed by atoms with Crippen molar-refractivity contribution in [1.29, 1.82) is 0 Å². The molecule has 0 aliphatic rings. The van der Waals surface area contributed by atoms with Gasteiger partial charge in [-0.2, -0.15) is 0 Å². The number of rotatable bonds is 8. The molecule has 5 heteroatoms. The van der Waals surface area contributed by atoms with Crippen LogP contribution in [-0.2, 0) is 4.74 Å². The van der Waals surface area contributed by atoms with E-state index in [0.717, 1.165) is 12.0 Å². The number of ether oxygens (including phenoxy) is 2. The second kappa shape index (κ2) is 9.20. The first-order valence-corrected chi connectivity index (χ1v) is 7.03. The SMILES string of the molecule is CCOCCCNC(=O)Nc1ccc(C)cc1OCC. The fourth-order valence-corrected chi connectivity index (χ4v) is 1.69. The maximum Gasteiger partial charge on any atom is 0.319 e. The molecule has 1 rings (SSSR count). The molecule has 0 spiro atoms. The van der Waals surface area contributed by atoms with E-state index in [0.29, 0.717) is 37.8 Å². The minimum absolute atomic E-state index is 0.230. The van der Waals surface area contributed by atoms with E-state index in [4.69, 9.17) is 9.47 Å². The Morgan fingerprint density at radius 1 is 1.25 bits per heavy atom. The third kappa shape index (κ3) is 5.93. The Morgan fingerprint density at radius 3 is 2.75 bits per heavy atom. The van der Waals surface area contributed by atoms with Crippen LogP contribution in [0.2, 0.25) is 0 Å². The summed E-state index contributed by atoms with van der Waals surface area (Å²) in [7, 11) is 0. The monoisotopic (exact) mass is 280 g/mol. The highest BCUT2D eigenvalue weighted by Crippen LogP contribution is 2.25. The van der Waals surface area contributed by atoms with Gasteiger partial charge in [-0.25, -0.2) is 4.79 Å². The molecule has 2 N–H and O–H groups in total. The second-order valence-electron chi connectivity index (χ2n) is 4.36. The zero-order valence-electron chi connectivity index (χ0n) is 12.5. The molecule has 0 bridgehead atoms. The lowest BCUT2D eigenvalue weighted by atomic mass is 10.2. The van der Waals surface area contributed by atoms with Crippen molar-refractivity contribution >= 4 is 11.7 Å². The lowest BCUT2D eigenvalue weighted by Crippen LogP contribution is -2.30. The van der Waals surface area contributed by atoms with Crippen LogP contribution in [0.5, 0.6) is 5.75 Å². The van der Waals surface area contributed by atoms with Crippen LogP contribution < -0.4 is 15.4 Å². The Hall–Kier alpha value is -1.75. The van der Waals surface area contributed by atoms with Crippen molar-refractivity contribution in [2.75, 3.05) is 31.7 Å². The number of anilines is 1. The fraction of sp³-hybridized carbons (Fsp3) is 0.533. The van der Waals surface area contributed by atoms with Gasteiger partial charge in [0, 0.05) is 19.8 Å². The molecule has 5 nitrogen and oxygen atoms in total. The maximum absolute atomic E-state index is 11.8. The minimum Gasteiger partial charge on any atom is -0.492 e. The van der Waals surface area contributed by atoms with Crippen molar-refractivity contribution in [3.8, 4) is 5.75 Å². The van der Waals surface area contributed by atoms with Crippen LogP contribution in [0.15, 0.2) is 18.2 Å². The third-order valence-corrected chi connectivity index (χ3v) is 2.64. The first kappa shape index (κ1) is 16.3. The average molecular weight is 280 g/mol. The number of hydrogen-bond donors (Lipinski definition) is 2. The summed E-state index contributed by atoms with van der Waals surface area (Å²) in [6.07, 6.45) is 0.799. The van der Waals surface area contributed by atoms with Crippen molar-refractivity contribution < 1.29 is 14.3 Å². The molecule has 0 aliphatic heterocycles. The predicted molar refractivity (Wildman–Crippen MR) is 80.5 cm³/mol. The highest BCUT2D eigenvalue weighted by atomic mass is 16.5. The van der Waals surface area contributed by atoms with Gasteiger partial charge in [0.2, 0.25) is 0 Å². The van der Waals surface area contributed by atoms with E-state index in [2.05, 4.69) is 10.6 Å². The minimum atomic E-state index is -0.230. The largest absolute Gasteiger partial charge is 0.492 e. The van der Waals surface area contributed by atoms with Crippen LogP contribution in [0, 0.1) is 6.92 Å². The number of amides is 2. The maximum atomic E-state index is 11.8. The molecule has 0 unspecified atom stereocenters. The molecule has 0 atom stereocenters. The number of aryl methyl sites for hydroxylation is 1. The van der Waals surface area contributed by atoms with Crippen molar-refractivity contribution in [3.05, 3.63) is 23.8 Å². The van der Waals surface area contributed by atoms with E-state index in [9.17, 15) is 4.79 Å². The van der Waals surface area contributed by atoms with Gasteiger partial charge in [-0.05, 0) is 44.9 Å². The van der Waals surface area contributed by atoms with Gasteiger partial charge >= 0.3 is 6.03 Å². The molecule has 0 aromatic heterocycles. The molecule has 20 heavy (non-hydrogen) atoms. The molecule has 1 aromatic rings. The fourth-order valence-electron chi connectivity index (χ4n) is 1.69. The summed E-state index contributed by atoms with van der Waals surface area (Å²) in [4.78, 5) is 11.8. The van der Waals surface area contributed by atoms with Crippen LogP contribution in [0.3, 0.4) is 0 Å². The van der Waals surface area contributed by atoms with Gasteiger partial charge in [0.05, 0.1) is 12.3 Å². The Kier molecular flexibility index (Phi) is 7.50. The van der Waals surface area contributed by atoms with E-state index in [1.54, 1.807) is 0 Å². The number of urea groups is 1. The van der Waals surface area contributed by atoms with Gasteiger partial charge in [0.15, 0.2) is 0 Å². The molecule has 0 saturated carbocycles. The smallest absolute Gasteiger partial charge is 0.319 e. The summed E-state index contributed by atoms with van der Waals surface area (Å²) in [6.45, 7) is 8.36. The average Bonchev–Trinajstić information content (AvgIpc) is 2.42. The Labute approximate surface area is 120 Å². The highest BCUT2D eigenvalue weighted by molar-refractivity contribution is 5.90. The molecule has 112 valence electrons. The Balaban J connectivity index is 2.44. The molecular weight excluding hydrogens is 256 g/mol. The summed E-state index contributed by atoms with van der Waals surface area (Å²) in [5, 5.41) is 5.59. The van der Waals surface area contributed by atoms with Gasteiger partial charge in [0.1, 0.15) is 5.75 Å². The number of carbonyl (C=O) groups excluding carboxylic acids is 1. The number of carbonyl (C=O) groups is 1. The predicted octanol–water partition coefficient (Wildman–Crippen LogP) is 2.94. The lowest BCUT2D eigenvalue weighted by molar-refractivity contribution is 0.145. The standard InChI is InChI=1S/C15H24N2O3/c1-4-19-10-6-9-16-15(18)17-13-8-7-12(3)11-14(13)20-5-2/h7-8,11H,4-6,9-10H2,1-3H3,(H2,16,17,18). The topological polar surface area (TPSA) is 59.6 Å². The van der Waals surface area contributed by atoms with Gasteiger partial charge in [-0.1, -0.05) is 6.07 Å². The quantitative estimate of drug-likeness (QED) is 0.720. The molecule has 1 aromatic carbocycles. The van der Waals surface area contributed by atoms with E-state index in [1.165, 1.54) is 0 Å². The second-order valence-corrected chi connectivity index (χ2v) is 4.36. The molecule has 2 amide bonds. The van der Waals surface area contributed by atoms with Crippen LogP contribution in [-0.4, -0.2) is 32.4 Å². The molecular formula is C15H24N2O3. The van der Waals surface area contributed by atoms with Gasteiger partial charge in [-0.15, -0.1) is 0 Å². The molecule has 0 saturated heterocycles.